The molecule has 0 radical (unpaired) electrons. The molecule has 6 nitrogen and oxygen atoms in total. The van der Waals surface area contributed by atoms with Crippen LogP contribution in [-0.4, -0.2) is 30.2 Å². The Kier molecular flexibility index (Phi) is 3.17. The second-order valence-electron chi connectivity index (χ2n) is 5.96. The molecular weight excluding hydrogens is 282 g/mol. The zero-order chi connectivity index (χ0) is 15.1. The van der Waals surface area contributed by atoms with E-state index in [1.54, 1.807) is 18.1 Å². The Balaban J connectivity index is 1.71. The normalized spacial score (nSPS) is 25.0. The predicted molar refractivity (Wildman–Crippen MR) is 82.2 cm³/mol. The van der Waals surface area contributed by atoms with Crippen molar-refractivity contribution in [3.8, 4) is 5.75 Å². The minimum atomic E-state index is -0.101. The first-order valence-electron chi connectivity index (χ1n) is 7.80. The van der Waals surface area contributed by atoms with Gasteiger partial charge in [0.1, 0.15) is 11.3 Å². The molecule has 2 aliphatic rings. The third-order valence-electron chi connectivity index (χ3n) is 4.63. The number of oxazole rings is 1. The van der Waals surface area contributed by atoms with Crippen molar-refractivity contribution in [1.82, 2.24) is 10.3 Å². The second kappa shape index (κ2) is 5.19. The molecule has 2 amide bonds. The highest BCUT2D eigenvalue weighted by Crippen LogP contribution is 2.33. The molecule has 1 saturated heterocycles. The summed E-state index contributed by atoms with van der Waals surface area (Å²) in [5.74, 6) is 0.716. The highest BCUT2D eigenvalue weighted by molar-refractivity contribution is 5.94. The Morgan fingerprint density at radius 2 is 2.18 bits per heavy atom. The molecule has 2 unspecified atom stereocenters. The molecule has 0 bridgehead atoms. The van der Waals surface area contributed by atoms with Gasteiger partial charge in [0.15, 0.2) is 5.58 Å². The molecule has 2 aromatic rings. The van der Waals surface area contributed by atoms with Crippen LogP contribution in [0.1, 0.15) is 32.1 Å². The Bertz CT molecular complexity index is 712. The summed E-state index contributed by atoms with van der Waals surface area (Å²) in [5.41, 5.74) is 1.37. The number of fused-ring (bicyclic) bond motifs is 2. The van der Waals surface area contributed by atoms with Crippen molar-refractivity contribution in [1.29, 1.82) is 0 Å². The van der Waals surface area contributed by atoms with Crippen LogP contribution in [0, 0.1) is 0 Å². The topological polar surface area (TPSA) is 67.6 Å². The number of aromatic nitrogens is 1. The van der Waals surface area contributed by atoms with Crippen LogP contribution in [0.25, 0.3) is 11.1 Å². The maximum absolute atomic E-state index is 12.3. The molecule has 4 rings (SSSR count). The van der Waals surface area contributed by atoms with Gasteiger partial charge in [-0.1, -0.05) is 19.3 Å². The van der Waals surface area contributed by atoms with Crippen LogP contribution in [0.3, 0.4) is 0 Å². The Labute approximate surface area is 128 Å². The number of ether oxygens (including phenoxy) is 1. The average molecular weight is 301 g/mol. The van der Waals surface area contributed by atoms with E-state index in [0.29, 0.717) is 17.3 Å². The fourth-order valence-electron chi connectivity index (χ4n) is 3.50. The number of methoxy groups -OCH3 is 1. The fourth-order valence-corrected chi connectivity index (χ4v) is 3.50. The van der Waals surface area contributed by atoms with Gasteiger partial charge in [-0.05, 0) is 25.0 Å². The Morgan fingerprint density at radius 3 is 3.05 bits per heavy atom. The van der Waals surface area contributed by atoms with Crippen LogP contribution < -0.4 is 15.0 Å². The molecular formula is C16H19N3O3. The summed E-state index contributed by atoms with van der Waals surface area (Å²) in [7, 11) is 1.61. The fraction of sp³-hybridized carbons (Fsp3) is 0.500. The van der Waals surface area contributed by atoms with Gasteiger partial charge >= 0.3 is 12.0 Å². The molecule has 1 aromatic carbocycles. The number of urea groups is 1. The minimum Gasteiger partial charge on any atom is -0.497 e. The summed E-state index contributed by atoms with van der Waals surface area (Å²) in [6.07, 6.45) is 5.55. The van der Waals surface area contributed by atoms with Crippen LogP contribution in [-0.2, 0) is 0 Å². The number of carbonyl (C=O) groups is 1. The lowest BCUT2D eigenvalue weighted by Gasteiger charge is -2.21. The molecule has 2 heterocycles. The molecule has 6 heteroatoms. The summed E-state index contributed by atoms with van der Waals surface area (Å²) < 4.78 is 11.0. The molecule has 1 aromatic heterocycles. The standard InChI is InChI=1S/C16H19N3O3/c1-21-10-7-8-12-14(9-10)22-16(18-12)19-13-6-4-2-3-5-11(13)17-15(19)20/h7-9,11,13H,2-6H2,1H3,(H,17,20). The molecule has 1 aliphatic carbocycles. The highest BCUT2D eigenvalue weighted by Gasteiger charge is 2.42. The van der Waals surface area contributed by atoms with Gasteiger partial charge in [-0.15, -0.1) is 0 Å². The van der Waals surface area contributed by atoms with Gasteiger partial charge in [-0.2, -0.15) is 4.98 Å². The lowest BCUT2D eigenvalue weighted by molar-refractivity contribution is 0.249. The summed E-state index contributed by atoms with van der Waals surface area (Å²) >= 11 is 0. The van der Waals surface area contributed by atoms with Gasteiger partial charge in [0.05, 0.1) is 19.2 Å². The van der Waals surface area contributed by atoms with E-state index in [0.717, 1.165) is 24.8 Å². The van der Waals surface area contributed by atoms with Gasteiger partial charge in [-0.3, -0.25) is 0 Å². The van der Waals surface area contributed by atoms with E-state index in [1.165, 1.54) is 12.8 Å². The molecule has 1 aliphatic heterocycles. The van der Waals surface area contributed by atoms with Crippen LogP contribution in [0.4, 0.5) is 10.8 Å². The Hall–Kier alpha value is -2.24. The molecule has 1 saturated carbocycles. The third kappa shape index (κ3) is 2.10. The SMILES string of the molecule is COc1ccc2nc(N3C(=O)NC4CCCCCC43)oc2c1. The van der Waals surface area contributed by atoms with Crippen molar-refractivity contribution < 1.29 is 13.9 Å². The monoisotopic (exact) mass is 301 g/mol. The largest absolute Gasteiger partial charge is 0.497 e. The number of benzene rings is 1. The van der Waals surface area contributed by atoms with Crippen LogP contribution in [0.5, 0.6) is 5.75 Å². The molecule has 2 atom stereocenters. The van der Waals surface area contributed by atoms with Gasteiger partial charge in [0.25, 0.3) is 0 Å². The van der Waals surface area contributed by atoms with Crippen molar-refractivity contribution in [2.24, 2.45) is 0 Å². The van der Waals surface area contributed by atoms with Crippen LogP contribution in [0.2, 0.25) is 0 Å². The maximum Gasteiger partial charge on any atom is 0.326 e. The number of amides is 2. The molecule has 22 heavy (non-hydrogen) atoms. The zero-order valence-corrected chi connectivity index (χ0v) is 12.5. The maximum atomic E-state index is 12.3. The number of hydrogen-bond acceptors (Lipinski definition) is 4. The van der Waals surface area contributed by atoms with Crippen molar-refractivity contribution in [2.45, 2.75) is 44.2 Å². The highest BCUT2D eigenvalue weighted by atomic mass is 16.5. The predicted octanol–water partition coefficient (Wildman–Crippen LogP) is 3.07. The summed E-state index contributed by atoms with van der Waals surface area (Å²) in [6.45, 7) is 0. The van der Waals surface area contributed by atoms with E-state index in [-0.39, 0.29) is 18.1 Å². The number of anilines is 1. The minimum absolute atomic E-state index is 0.101. The van der Waals surface area contributed by atoms with Crippen molar-refractivity contribution in [3.05, 3.63) is 18.2 Å². The quantitative estimate of drug-likeness (QED) is 0.925. The number of nitrogens with one attached hydrogen (secondary N) is 1. The number of carbonyl (C=O) groups excluding carboxylic acids is 1. The van der Waals surface area contributed by atoms with Gasteiger partial charge in [0, 0.05) is 6.07 Å². The van der Waals surface area contributed by atoms with Crippen molar-refractivity contribution >= 4 is 23.1 Å². The van der Waals surface area contributed by atoms with Gasteiger partial charge in [-0.25, -0.2) is 9.69 Å². The first kappa shape index (κ1) is 13.4. The number of hydrogen-bond donors (Lipinski definition) is 1. The Morgan fingerprint density at radius 1 is 1.32 bits per heavy atom. The zero-order valence-electron chi connectivity index (χ0n) is 12.5. The third-order valence-corrected chi connectivity index (χ3v) is 4.63. The van der Waals surface area contributed by atoms with Crippen molar-refractivity contribution in [3.63, 3.8) is 0 Å². The van der Waals surface area contributed by atoms with E-state index < -0.39 is 0 Å². The van der Waals surface area contributed by atoms with Gasteiger partial charge in [0.2, 0.25) is 0 Å². The summed E-state index contributed by atoms with van der Waals surface area (Å²) in [5, 5.41) is 3.07. The van der Waals surface area contributed by atoms with Crippen LogP contribution >= 0.6 is 0 Å². The first-order chi connectivity index (χ1) is 10.8. The second-order valence-corrected chi connectivity index (χ2v) is 5.96. The first-order valence-corrected chi connectivity index (χ1v) is 7.80. The number of rotatable bonds is 2. The molecule has 2 fully saturated rings. The van der Waals surface area contributed by atoms with Crippen molar-refractivity contribution in [2.75, 3.05) is 12.0 Å². The summed E-state index contributed by atoms with van der Waals surface area (Å²) in [4.78, 5) is 18.5. The lowest BCUT2D eigenvalue weighted by atomic mass is 10.0. The smallest absolute Gasteiger partial charge is 0.326 e. The van der Waals surface area contributed by atoms with E-state index in [4.69, 9.17) is 9.15 Å². The van der Waals surface area contributed by atoms with E-state index >= 15 is 0 Å². The average Bonchev–Trinajstić information content (AvgIpc) is 2.98. The van der Waals surface area contributed by atoms with Crippen LogP contribution in [0.15, 0.2) is 22.6 Å². The molecule has 1 N–H and O–H groups in total. The van der Waals surface area contributed by atoms with E-state index in [1.807, 2.05) is 12.1 Å². The lowest BCUT2D eigenvalue weighted by Crippen LogP contribution is -2.36. The van der Waals surface area contributed by atoms with E-state index in [9.17, 15) is 4.79 Å². The molecule has 116 valence electrons. The van der Waals surface area contributed by atoms with E-state index in [2.05, 4.69) is 10.3 Å². The number of nitrogens with zero attached hydrogens (tertiary/aromatic N) is 2. The van der Waals surface area contributed by atoms with Gasteiger partial charge < -0.3 is 14.5 Å². The summed E-state index contributed by atoms with van der Waals surface area (Å²) in [6, 6.07) is 6.12. The molecule has 0 spiro atoms.